The van der Waals surface area contributed by atoms with Crippen molar-refractivity contribution in [2.75, 3.05) is 27.3 Å². The Morgan fingerprint density at radius 2 is 1.96 bits per heavy atom. The average molecular weight is 340 g/mol. The molecule has 2 fully saturated rings. The van der Waals surface area contributed by atoms with Crippen molar-refractivity contribution in [2.45, 2.75) is 42.7 Å². The number of nitrogens with zero attached hydrogens (tertiary/aromatic N) is 1. The molecule has 23 heavy (non-hydrogen) atoms. The smallest absolute Gasteiger partial charge is 0.244 e. The second kappa shape index (κ2) is 6.67. The largest absolute Gasteiger partial charge is 0.497 e. The Kier molecular flexibility index (Phi) is 4.79. The summed E-state index contributed by atoms with van der Waals surface area (Å²) >= 11 is 0. The summed E-state index contributed by atoms with van der Waals surface area (Å²) in [4.78, 5) is 2.54. The molecule has 3 rings (SSSR count). The fraction of sp³-hybridized carbons (Fsp3) is 0.625. The number of ether oxygens (including phenoxy) is 2. The quantitative estimate of drug-likeness (QED) is 0.882. The molecule has 1 N–H and O–H groups in total. The van der Waals surface area contributed by atoms with Crippen molar-refractivity contribution in [1.82, 2.24) is 9.62 Å². The fourth-order valence-corrected chi connectivity index (χ4v) is 5.13. The first-order valence-corrected chi connectivity index (χ1v) is 9.52. The van der Waals surface area contributed by atoms with Gasteiger partial charge in [0.2, 0.25) is 10.0 Å². The van der Waals surface area contributed by atoms with Gasteiger partial charge in [-0.3, -0.25) is 4.90 Å². The van der Waals surface area contributed by atoms with Crippen molar-refractivity contribution in [3.05, 3.63) is 18.2 Å². The van der Waals surface area contributed by atoms with E-state index < -0.39 is 10.0 Å². The third-order valence-corrected chi connectivity index (χ3v) is 6.33. The van der Waals surface area contributed by atoms with Crippen LogP contribution in [0.2, 0.25) is 0 Å². The third-order valence-electron chi connectivity index (χ3n) is 4.82. The van der Waals surface area contributed by atoms with Crippen LogP contribution in [0.1, 0.15) is 25.7 Å². The Morgan fingerprint density at radius 1 is 1.13 bits per heavy atom. The van der Waals surface area contributed by atoms with E-state index in [9.17, 15) is 8.42 Å². The maximum absolute atomic E-state index is 12.8. The molecule has 1 aromatic carbocycles. The summed E-state index contributed by atoms with van der Waals surface area (Å²) in [6, 6.07) is 5.10. The van der Waals surface area contributed by atoms with Gasteiger partial charge in [-0.05, 0) is 37.9 Å². The molecule has 2 aliphatic heterocycles. The number of nitrogens with one attached hydrogen (secondary N) is 1. The lowest BCUT2D eigenvalue weighted by Gasteiger charge is -2.32. The molecule has 2 aliphatic rings. The summed E-state index contributed by atoms with van der Waals surface area (Å²) in [5.74, 6) is 0.827. The van der Waals surface area contributed by atoms with Gasteiger partial charge in [0.25, 0.3) is 0 Å². The molecule has 0 spiro atoms. The minimum Gasteiger partial charge on any atom is -0.497 e. The maximum atomic E-state index is 12.8. The first kappa shape index (κ1) is 16.5. The molecule has 2 unspecified atom stereocenters. The van der Waals surface area contributed by atoms with Gasteiger partial charge in [-0.25, -0.2) is 13.1 Å². The molecule has 0 aliphatic carbocycles. The normalized spacial score (nSPS) is 25.1. The van der Waals surface area contributed by atoms with Gasteiger partial charge in [0.1, 0.15) is 16.4 Å². The van der Waals surface area contributed by atoms with Gasteiger partial charge < -0.3 is 9.47 Å². The van der Waals surface area contributed by atoms with E-state index >= 15 is 0 Å². The van der Waals surface area contributed by atoms with Gasteiger partial charge in [-0.15, -0.1) is 0 Å². The monoisotopic (exact) mass is 340 g/mol. The zero-order valence-electron chi connectivity index (χ0n) is 13.6. The van der Waals surface area contributed by atoms with Crippen molar-refractivity contribution in [1.29, 1.82) is 0 Å². The van der Waals surface area contributed by atoms with E-state index in [1.807, 2.05) is 0 Å². The standard InChI is InChI=1S/C16H24N2O4S/c1-21-12-6-7-15(22-2)16(11-12)23(19,20)17-13-8-10-18-9-4-3-5-14(13)18/h6-7,11,13-14,17H,3-5,8-10H2,1-2H3. The second-order valence-corrected chi connectivity index (χ2v) is 7.81. The van der Waals surface area contributed by atoms with Crippen molar-refractivity contribution in [3.63, 3.8) is 0 Å². The molecule has 128 valence electrons. The third kappa shape index (κ3) is 3.32. The van der Waals surface area contributed by atoms with Gasteiger partial charge >= 0.3 is 0 Å². The number of rotatable bonds is 5. The van der Waals surface area contributed by atoms with Gasteiger partial charge in [-0.2, -0.15) is 0 Å². The first-order chi connectivity index (χ1) is 11.0. The lowest BCUT2D eigenvalue weighted by atomic mass is 10.00. The van der Waals surface area contributed by atoms with Crippen LogP contribution in [-0.4, -0.2) is 52.7 Å². The highest BCUT2D eigenvalue weighted by Crippen LogP contribution is 2.31. The Bertz CT molecular complexity index is 662. The molecule has 0 aromatic heterocycles. The highest BCUT2D eigenvalue weighted by Gasteiger charge is 2.38. The highest BCUT2D eigenvalue weighted by atomic mass is 32.2. The fourth-order valence-electron chi connectivity index (χ4n) is 3.64. The van der Waals surface area contributed by atoms with E-state index in [1.165, 1.54) is 33.1 Å². The molecule has 0 amide bonds. The lowest BCUT2D eigenvalue weighted by Crippen LogP contribution is -2.46. The molecule has 7 heteroatoms. The summed E-state index contributed by atoms with van der Waals surface area (Å²) in [7, 11) is -0.663. The van der Waals surface area contributed by atoms with Gasteiger partial charge in [0, 0.05) is 24.7 Å². The second-order valence-electron chi connectivity index (χ2n) is 6.13. The molecular formula is C16H24N2O4S. The summed E-state index contributed by atoms with van der Waals surface area (Å²) < 4.78 is 38.9. The molecular weight excluding hydrogens is 316 g/mol. The van der Waals surface area contributed by atoms with Crippen LogP contribution in [-0.2, 0) is 10.0 Å². The summed E-state index contributed by atoms with van der Waals surface area (Å²) in [5, 5.41) is 0. The van der Waals surface area contributed by atoms with Crippen LogP contribution in [0, 0.1) is 0 Å². The van der Waals surface area contributed by atoms with Crippen LogP contribution in [0.25, 0.3) is 0 Å². The Morgan fingerprint density at radius 3 is 2.70 bits per heavy atom. The van der Waals surface area contributed by atoms with E-state index in [-0.39, 0.29) is 10.9 Å². The molecule has 0 bridgehead atoms. The van der Waals surface area contributed by atoms with Crippen LogP contribution in [0.15, 0.2) is 23.1 Å². The number of sulfonamides is 1. The summed E-state index contributed by atoms with van der Waals surface area (Å²) in [5.41, 5.74) is 0. The van der Waals surface area contributed by atoms with Gasteiger partial charge in [0.05, 0.1) is 14.2 Å². The average Bonchev–Trinajstić information content (AvgIpc) is 2.97. The van der Waals surface area contributed by atoms with Gasteiger partial charge in [0.15, 0.2) is 0 Å². The number of benzene rings is 1. The summed E-state index contributed by atoms with van der Waals surface area (Å²) in [6.45, 7) is 2.04. The zero-order chi connectivity index (χ0) is 16.4. The zero-order valence-corrected chi connectivity index (χ0v) is 14.4. The van der Waals surface area contributed by atoms with E-state index in [0.29, 0.717) is 17.5 Å². The molecule has 2 atom stereocenters. The highest BCUT2D eigenvalue weighted by molar-refractivity contribution is 7.89. The van der Waals surface area contributed by atoms with Gasteiger partial charge in [-0.1, -0.05) is 6.42 Å². The topological polar surface area (TPSA) is 67.9 Å². The molecule has 2 heterocycles. The maximum Gasteiger partial charge on any atom is 0.244 e. The molecule has 0 saturated carbocycles. The Labute approximate surface area is 137 Å². The number of piperidine rings is 1. The predicted octanol–water partition coefficient (Wildman–Crippen LogP) is 1.61. The van der Waals surface area contributed by atoms with Crippen LogP contribution in [0.3, 0.4) is 0 Å². The minimum absolute atomic E-state index is 0.0313. The number of hydrogen-bond donors (Lipinski definition) is 1. The Balaban J connectivity index is 1.84. The van der Waals surface area contributed by atoms with Crippen LogP contribution >= 0.6 is 0 Å². The molecule has 0 radical (unpaired) electrons. The molecule has 2 saturated heterocycles. The van der Waals surface area contributed by atoms with E-state index in [0.717, 1.165) is 25.9 Å². The van der Waals surface area contributed by atoms with Crippen molar-refractivity contribution in [3.8, 4) is 11.5 Å². The van der Waals surface area contributed by atoms with E-state index in [1.54, 1.807) is 12.1 Å². The number of methoxy groups -OCH3 is 2. The van der Waals surface area contributed by atoms with E-state index in [2.05, 4.69) is 9.62 Å². The first-order valence-electron chi connectivity index (χ1n) is 8.03. The van der Waals surface area contributed by atoms with Crippen LogP contribution in [0.4, 0.5) is 0 Å². The van der Waals surface area contributed by atoms with E-state index in [4.69, 9.17) is 9.47 Å². The molecule has 6 nitrogen and oxygen atoms in total. The molecule has 1 aromatic rings. The minimum atomic E-state index is -3.65. The SMILES string of the molecule is COc1ccc(OC)c(S(=O)(=O)NC2CCN3CCCCC23)c1. The van der Waals surface area contributed by atoms with Crippen LogP contribution in [0.5, 0.6) is 11.5 Å². The van der Waals surface area contributed by atoms with Crippen LogP contribution < -0.4 is 14.2 Å². The Hall–Kier alpha value is -1.31. The summed E-state index contributed by atoms with van der Waals surface area (Å²) in [6.07, 6.45) is 4.29. The number of hydrogen-bond acceptors (Lipinski definition) is 5. The number of fused-ring (bicyclic) bond motifs is 1. The lowest BCUT2D eigenvalue weighted by molar-refractivity contribution is 0.186. The van der Waals surface area contributed by atoms with Crippen molar-refractivity contribution in [2.24, 2.45) is 0 Å². The van der Waals surface area contributed by atoms with Crippen molar-refractivity contribution < 1.29 is 17.9 Å². The van der Waals surface area contributed by atoms with Crippen molar-refractivity contribution >= 4 is 10.0 Å². The predicted molar refractivity (Wildman–Crippen MR) is 87.5 cm³/mol.